The second kappa shape index (κ2) is 14.3. The number of sulfonamides is 1. The van der Waals surface area contributed by atoms with Crippen LogP contribution in [0.1, 0.15) is 32.3 Å². The lowest BCUT2D eigenvalue weighted by atomic mass is 10.1. The Kier molecular flexibility index (Phi) is 11.1. The average Bonchev–Trinajstić information content (AvgIpc) is 2.96. The second-order valence-electron chi connectivity index (χ2n) is 9.19. The number of hydrogen-bond donors (Lipinski definition) is 1. The first-order valence-electron chi connectivity index (χ1n) is 12.8. The number of benzene rings is 3. The van der Waals surface area contributed by atoms with Gasteiger partial charge in [0.25, 0.3) is 15.7 Å². The molecule has 0 radical (unpaired) electrons. The first-order chi connectivity index (χ1) is 19.4. The largest absolute Gasteiger partial charge is 0.354 e. The van der Waals surface area contributed by atoms with E-state index in [1.807, 2.05) is 6.92 Å². The topological polar surface area (TPSA) is 130 Å². The predicted molar refractivity (Wildman–Crippen MR) is 158 cm³/mol. The smallest absolute Gasteiger partial charge is 0.269 e. The third kappa shape index (κ3) is 8.18. The van der Waals surface area contributed by atoms with Crippen molar-refractivity contribution in [1.82, 2.24) is 10.2 Å². The summed E-state index contributed by atoms with van der Waals surface area (Å²) in [6.07, 6.45) is 1.62. The number of nitrogens with zero attached hydrogens (tertiary/aromatic N) is 3. The summed E-state index contributed by atoms with van der Waals surface area (Å²) in [6, 6.07) is 16.2. The molecule has 0 saturated carbocycles. The van der Waals surface area contributed by atoms with Crippen molar-refractivity contribution in [1.29, 1.82) is 0 Å². The van der Waals surface area contributed by atoms with Crippen molar-refractivity contribution in [3.05, 3.63) is 98.5 Å². The number of unbranched alkanes of at least 4 members (excludes halogenated alkanes) is 1. The van der Waals surface area contributed by atoms with E-state index < -0.39 is 39.3 Å². The fourth-order valence-corrected chi connectivity index (χ4v) is 5.70. The summed E-state index contributed by atoms with van der Waals surface area (Å²) in [5.41, 5.74) is 0.381. The molecule has 0 spiro atoms. The molecule has 0 aliphatic rings. The Hall–Kier alpha value is -3.67. The Labute approximate surface area is 249 Å². The lowest BCUT2D eigenvalue weighted by Crippen LogP contribution is -2.51. The van der Waals surface area contributed by atoms with Crippen LogP contribution in [0.5, 0.6) is 0 Å². The number of nitro groups is 1. The molecule has 0 aliphatic heterocycles. The van der Waals surface area contributed by atoms with E-state index in [2.05, 4.69) is 5.32 Å². The van der Waals surface area contributed by atoms with E-state index in [1.54, 1.807) is 43.3 Å². The molecule has 10 nitrogen and oxygen atoms in total. The highest BCUT2D eigenvalue weighted by Crippen LogP contribution is 2.27. The van der Waals surface area contributed by atoms with E-state index in [0.717, 1.165) is 29.3 Å². The molecule has 3 aromatic carbocycles. The number of anilines is 1. The summed E-state index contributed by atoms with van der Waals surface area (Å²) < 4.78 is 28.3. The number of halogens is 2. The van der Waals surface area contributed by atoms with Crippen LogP contribution in [0.2, 0.25) is 10.0 Å². The Balaban J connectivity index is 2.02. The molecule has 3 rings (SSSR count). The van der Waals surface area contributed by atoms with Crippen molar-refractivity contribution >= 4 is 56.4 Å². The maximum atomic E-state index is 13.9. The van der Waals surface area contributed by atoms with E-state index in [0.29, 0.717) is 17.1 Å². The van der Waals surface area contributed by atoms with Gasteiger partial charge >= 0.3 is 0 Å². The number of nitro benzene ring substituents is 1. The van der Waals surface area contributed by atoms with Crippen molar-refractivity contribution in [3.63, 3.8) is 0 Å². The highest BCUT2D eigenvalue weighted by atomic mass is 35.5. The van der Waals surface area contributed by atoms with Crippen LogP contribution in [-0.4, -0.2) is 49.2 Å². The fourth-order valence-electron chi connectivity index (χ4n) is 3.94. The predicted octanol–water partition coefficient (Wildman–Crippen LogP) is 5.43. The maximum Gasteiger partial charge on any atom is 0.269 e. The van der Waals surface area contributed by atoms with Gasteiger partial charge in [-0.15, -0.1) is 0 Å². The summed E-state index contributed by atoms with van der Waals surface area (Å²) in [7, 11) is -4.29. The molecule has 0 saturated heterocycles. The van der Waals surface area contributed by atoms with Gasteiger partial charge in [-0.05, 0) is 55.3 Å². The van der Waals surface area contributed by atoms with Gasteiger partial charge in [0.2, 0.25) is 11.8 Å². The van der Waals surface area contributed by atoms with Crippen molar-refractivity contribution in [2.75, 3.05) is 17.4 Å². The lowest BCUT2D eigenvalue weighted by molar-refractivity contribution is -0.384. The number of carbonyl (C=O) groups excluding carboxylic acids is 2. The average molecular weight is 622 g/mol. The molecule has 0 unspecified atom stereocenters. The highest BCUT2D eigenvalue weighted by molar-refractivity contribution is 7.92. The van der Waals surface area contributed by atoms with Gasteiger partial charge < -0.3 is 10.2 Å². The number of amides is 2. The number of hydrogen-bond acceptors (Lipinski definition) is 6. The highest BCUT2D eigenvalue weighted by Gasteiger charge is 2.32. The van der Waals surface area contributed by atoms with Crippen LogP contribution in [0.4, 0.5) is 11.4 Å². The molecule has 1 atom stereocenters. The van der Waals surface area contributed by atoms with Gasteiger partial charge in [-0.1, -0.05) is 60.8 Å². The van der Waals surface area contributed by atoms with Crippen LogP contribution in [0, 0.1) is 10.1 Å². The van der Waals surface area contributed by atoms with Crippen LogP contribution in [0.15, 0.2) is 77.7 Å². The Morgan fingerprint density at radius 1 is 1.00 bits per heavy atom. The minimum Gasteiger partial charge on any atom is -0.354 e. The van der Waals surface area contributed by atoms with E-state index in [9.17, 15) is 28.1 Å². The van der Waals surface area contributed by atoms with Gasteiger partial charge in [-0.3, -0.25) is 24.0 Å². The number of nitrogens with one attached hydrogen (secondary N) is 1. The summed E-state index contributed by atoms with van der Waals surface area (Å²) >= 11 is 12.2. The third-order valence-electron chi connectivity index (χ3n) is 6.29. The lowest BCUT2D eigenvalue weighted by Gasteiger charge is -2.32. The van der Waals surface area contributed by atoms with Crippen LogP contribution in [0.25, 0.3) is 0 Å². The molecule has 41 heavy (non-hydrogen) atoms. The van der Waals surface area contributed by atoms with Crippen LogP contribution in [-0.2, 0) is 26.2 Å². The monoisotopic (exact) mass is 620 g/mol. The molecule has 13 heteroatoms. The summed E-state index contributed by atoms with van der Waals surface area (Å²) in [6.45, 7) is 3.22. The second-order valence-corrected chi connectivity index (χ2v) is 11.9. The zero-order valence-electron chi connectivity index (χ0n) is 22.5. The summed E-state index contributed by atoms with van der Waals surface area (Å²) in [5.74, 6) is -1.08. The van der Waals surface area contributed by atoms with Crippen molar-refractivity contribution in [2.45, 2.75) is 44.2 Å². The number of rotatable bonds is 13. The normalized spacial score (nSPS) is 11.9. The molecule has 0 heterocycles. The van der Waals surface area contributed by atoms with Gasteiger partial charge in [0.05, 0.1) is 25.6 Å². The van der Waals surface area contributed by atoms with Crippen molar-refractivity contribution in [3.8, 4) is 0 Å². The molecule has 1 N–H and O–H groups in total. The molecule has 0 aromatic heterocycles. The Morgan fingerprint density at radius 2 is 1.66 bits per heavy atom. The minimum absolute atomic E-state index is 0.0438. The number of carbonyl (C=O) groups is 2. The van der Waals surface area contributed by atoms with Gasteiger partial charge in [-0.2, -0.15) is 0 Å². The quantitative estimate of drug-likeness (QED) is 0.154. The van der Waals surface area contributed by atoms with Crippen molar-refractivity contribution in [2.24, 2.45) is 0 Å². The van der Waals surface area contributed by atoms with Gasteiger partial charge in [0, 0.05) is 25.2 Å². The first-order valence-corrected chi connectivity index (χ1v) is 15.0. The first kappa shape index (κ1) is 31.9. The number of non-ortho nitro benzene ring substituents is 1. The Morgan fingerprint density at radius 3 is 2.24 bits per heavy atom. The Bertz CT molecular complexity index is 1490. The van der Waals surface area contributed by atoms with Crippen LogP contribution < -0.4 is 9.62 Å². The molecule has 218 valence electrons. The minimum atomic E-state index is -4.29. The van der Waals surface area contributed by atoms with Gasteiger partial charge in [-0.25, -0.2) is 8.42 Å². The molecule has 2 amide bonds. The van der Waals surface area contributed by atoms with Crippen LogP contribution in [0.3, 0.4) is 0 Å². The maximum absolute atomic E-state index is 13.9. The zero-order chi connectivity index (χ0) is 30.2. The van der Waals surface area contributed by atoms with Crippen molar-refractivity contribution < 1.29 is 22.9 Å². The van der Waals surface area contributed by atoms with E-state index in [1.165, 1.54) is 29.2 Å². The van der Waals surface area contributed by atoms with E-state index in [-0.39, 0.29) is 27.8 Å². The van der Waals surface area contributed by atoms with Gasteiger partial charge in [0.1, 0.15) is 12.6 Å². The van der Waals surface area contributed by atoms with Crippen LogP contribution >= 0.6 is 23.2 Å². The summed E-state index contributed by atoms with van der Waals surface area (Å²) in [4.78, 5) is 38.6. The molecular formula is C28H30Cl2N4O6S. The standard InChI is InChI=1S/C28H30Cl2N4O6S/c1-3-4-16-31-28(36)20(2)32(18-21-10-15-25(29)26(30)17-21)27(35)19-33(22-11-13-23(14-12-22)34(37)38)41(39,40)24-8-6-5-7-9-24/h5-15,17,20H,3-4,16,18-19H2,1-2H3,(H,31,36)/t20-/m1/s1. The summed E-state index contributed by atoms with van der Waals surface area (Å²) in [5, 5.41) is 14.6. The van der Waals surface area contributed by atoms with Gasteiger partial charge in [0.15, 0.2) is 0 Å². The molecule has 0 fully saturated rings. The molecular weight excluding hydrogens is 591 g/mol. The van der Waals surface area contributed by atoms with E-state index in [4.69, 9.17) is 23.2 Å². The molecule has 0 bridgehead atoms. The zero-order valence-corrected chi connectivity index (χ0v) is 24.8. The fraction of sp³-hybridized carbons (Fsp3) is 0.286. The third-order valence-corrected chi connectivity index (χ3v) is 8.82. The molecule has 3 aromatic rings. The molecule has 0 aliphatic carbocycles. The van der Waals surface area contributed by atoms with E-state index >= 15 is 0 Å². The SMILES string of the molecule is CCCCNC(=O)[C@@H](C)N(Cc1ccc(Cl)c(Cl)c1)C(=O)CN(c1ccc([N+](=O)[O-])cc1)S(=O)(=O)c1ccccc1.